The van der Waals surface area contributed by atoms with E-state index in [1.54, 1.807) is 11.7 Å². The fraction of sp³-hybridized carbons (Fsp3) is 0.476. The molecule has 180 valence electrons. The molecule has 0 bridgehead atoms. The van der Waals surface area contributed by atoms with Crippen LogP contribution in [0.4, 0.5) is 19.0 Å². The van der Waals surface area contributed by atoms with Crippen LogP contribution in [-0.4, -0.2) is 66.1 Å². The number of para-hydroxylation sites is 1. The van der Waals surface area contributed by atoms with E-state index in [0.717, 1.165) is 5.69 Å². The normalized spacial score (nSPS) is 16.8. The van der Waals surface area contributed by atoms with Gasteiger partial charge in [-0.25, -0.2) is 4.68 Å². The van der Waals surface area contributed by atoms with Crippen LogP contribution in [0.5, 0.6) is 0 Å². The molecule has 0 radical (unpaired) electrons. The SMILES string of the molecule is CN=C(NCCCc1nn(-c2ccccc2)c(N)c1C#N)NC1CCN(CC(F)(F)F)C1.I. The molecule has 1 unspecified atom stereocenters. The minimum atomic E-state index is -4.19. The van der Waals surface area contributed by atoms with Crippen LogP contribution in [0, 0.1) is 11.3 Å². The Bertz CT molecular complexity index is 968. The Morgan fingerprint density at radius 3 is 2.70 bits per heavy atom. The van der Waals surface area contributed by atoms with Gasteiger partial charge in [0.05, 0.1) is 17.9 Å². The van der Waals surface area contributed by atoms with Gasteiger partial charge in [-0.05, 0) is 31.4 Å². The van der Waals surface area contributed by atoms with Crippen molar-refractivity contribution in [2.45, 2.75) is 31.5 Å². The average molecular weight is 576 g/mol. The number of alkyl halides is 3. The molecular weight excluding hydrogens is 548 g/mol. The first-order valence-corrected chi connectivity index (χ1v) is 10.4. The second-order valence-electron chi connectivity index (χ2n) is 7.65. The van der Waals surface area contributed by atoms with Crippen molar-refractivity contribution >= 4 is 35.8 Å². The molecule has 12 heteroatoms. The molecular formula is C21H28F3IN8. The number of likely N-dealkylation sites (tertiary alicyclic amines) is 1. The van der Waals surface area contributed by atoms with E-state index in [0.29, 0.717) is 61.9 Å². The van der Waals surface area contributed by atoms with E-state index in [2.05, 4.69) is 26.8 Å². The molecule has 1 aromatic carbocycles. The number of hydrogen-bond acceptors (Lipinski definition) is 5. The first kappa shape index (κ1) is 26.7. The molecule has 0 saturated carbocycles. The van der Waals surface area contributed by atoms with Crippen molar-refractivity contribution in [1.82, 2.24) is 25.3 Å². The summed E-state index contributed by atoms with van der Waals surface area (Å²) in [6.45, 7) is 0.386. The molecule has 8 nitrogen and oxygen atoms in total. The zero-order valence-corrected chi connectivity index (χ0v) is 20.6. The molecule has 0 amide bonds. The maximum atomic E-state index is 12.6. The van der Waals surface area contributed by atoms with Gasteiger partial charge in [0.15, 0.2) is 5.96 Å². The zero-order chi connectivity index (χ0) is 23.1. The first-order valence-electron chi connectivity index (χ1n) is 10.4. The Labute approximate surface area is 208 Å². The van der Waals surface area contributed by atoms with Crippen LogP contribution in [0.3, 0.4) is 0 Å². The quantitative estimate of drug-likeness (QED) is 0.203. The summed E-state index contributed by atoms with van der Waals surface area (Å²) in [5.41, 5.74) is 7.89. The minimum absolute atomic E-state index is 0. The zero-order valence-electron chi connectivity index (χ0n) is 18.3. The number of aromatic nitrogens is 2. The Morgan fingerprint density at radius 1 is 1.33 bits per heavy atom. The van der Waals surface area contributed by atoms with Gasteiger partial charge in [0.2, 0.25) is 0 Å². The summed E-state index contributed by atoms with van der Waals surface area (Å²) in [7, 11) is 1.62. The number of rotatable bonds is 7. The maximum Gasteiger partial charge on any atom is 0.401 e. The van der Waals surface area contributed by atoms with Crippen molar-refractivity contribution in [2.75, 3.05) is 39.0 Å². The van der Waals surface area contributed by atoms with E-state index in [1.165, 1.54) is 4.90 Å². The number of nitrogens with one attached hydrogen (secondary N) is 2. The van der Waals surface area contributed by atoms with Crippen LogP contribution in [0.25, 0.3) is 5.69 Å². The summed E-state index contributed by atoms with van der Waals surface area (Å²) in [4.78, 5) is 5.54. The fourth-order valence-corrected chi connectivity index (χ4v) is 3.74. The first-order chi connectivity index (χ1) is 15.3. The molecule has 1 saturated heterocycles. The van der Waals surface area contributed by atoms with Gasteiger partial charge in [-0.15, -0.1) is 24.0 Å². The predicted molar refractivity (Wildman–Crippen MR) is 132 cm³/mol. The largest absolute Gasteiger partial charge is 0.401 e. The van der Waals surface area contributed by atoms with E-state index < -0.39 is 12.7 Å². The lowest BCUT2D eigenvalue weighted by molar-refractivity contribution is -0.143. The van der Waals surface area contributed by atoms with Crippen LogP contribution in [0.15, 0.2) is 35.3 Å². The van der Waals surface area contributed by atoms with Gasteiger partial charge in [0.1, 0.15) is 17.5 Å². The van der Waals surface area contributed by atoms with Crippen molar-refractivity contribution in [3.8, 4) is 11.8 Å². The third-order valence-corrected chi connectivity index (χ3v) is 5.23. The monoisotopic (exact) mass is 576 g/mol. The van der Waals surface area contributed by atoms with E-state index >= 15 is 0 Å². The molecule has 1 atom stereocenters. The molecule has 3 rings (SSSR count). The highest BCUT2D eigenvalue weighted by Crippen LogP contribution is 2.22. The molecule has 1 aliphatic rings. The number of halogens is 4. The molecule has 0 aliphatic carbocycles. The highest BCUT2D eigenvalue weighted by molar-refractivity contribution is 14.0. The number of nitrogens with zero attached hydrogens (tertiary/aromatic N) is 5. The van der Waals surface area contributed by atoms with Crippen molar-refractivity contribution < 1.29 is 13.2 Å². The molecule has 4 N–H and O–H groups in total. The molecule has 1 aromatic heterocycles. The minimum Gasteiger partial charge on any atom is -0.382 e. The Balaban J connectivity index is 0.00000385. The Hall–Kier alpha value is -2.53. The van der Waals surface area contributed by atoms with Crippen LogP contribution in [0.2, 0.25) is 0 Å². The molecule has 2 heterocycles. The number of anilines is 1. The number of aryl methyl sites for hydroxylation is 1. The van der Waals surface area contributed by atoms with E-state index in [4.69, 9.17) is 5.73 Å². The van der Waals surface area contributed by atoms with E-state index in [-0.39, 0.29) is 30.0 Å². The third kappa shape index (κ3) is 7.50. The second kappa shape index (κ2) is 12.1. The van der Waals surface area contributed by atoms with Crippen LogP contribution < -0.4 is 16.4 Å². The van der Waals surface area contributed by atoms with Crippen molar-refractivity contribution in [3.05, 3.63) is 41.6 Å². The lowest BCUT2D eigenvalue weighted by Crippen LogP contribution is -2.45. The van der Waals surface area contributed by atoms with Gasteiger partial charge >= 0.3 is 6.18 Å². The Kier molecular flexibility index (Phi) is 9.78. The number of nitrogen functional groups attached to an aromatic ring is 1. The lowest BCUT2D eigenvalue weighted by atomic mass is 10.1. The number of guanidine groups is 1. The summed E-state index contributed by atoms with van der Waals surface area (Å²) in [6, 6.07) is 11.4. The molecule has 0 spiro atoms. The fourth-order valence-electron chi connectivity index (χ4n) is 3.74. The Morgan fingerprint density at radius 2 is 2.06 bits per heavy atom. The number of hydrogen-bond donors (Lipinski definition) is 3. The van der Waals surface area contributed by atoms with Crippen LogP contribution >= 0.6 is 24.0 Å². The van der Waals surface area contributed by atoms with Gasteiger partial charge in [0, 0.05) is 32.7 Å². The lowest BCUT2D eigenvalue weighted by Gasteiger charge is -2.19. The van der Waals surface area contributed by atoms with Gasteiger partial charge < -0.3 is 16.4 Å². The topological polar surface area (TPSA) is 107 Å². The predicted octanol–water partition coefficient (Wildman–Crippen LogP) is 2.68. The van der Waals surface area contributed by atoms with E-state index in [1.807, 2.05) is 30.3 Å². The molecule has 33 heavy (non-hydrogen) atoms. The number of aliphatic imine (C=N–C) groups is 1. The molecule has 1 aliphatic heterocycles. The van der Waals surface area contributed by atoms with Crippen molar-refractivity contribution in [1.29, 1.82) is 5.26 Å². The summed E-state index contributed by atoms with van der Waals surface area (Å²) in [6.07, 6.45) is -2.35. The summed E-state index contributed by atoms with van der Waals surface area (Å²) in [5.74, 6) is 0.850. The van der Waals surface area contributed by atoms with E-state index in [9.17, 15) is 18.4 Å². The van der Waals surface area contributed by atoms with Gasteiger partial charge in [-0.3, -0.25) is 9.89 Å². The number of nitriles is 1. The smallest absolute Gasteiger partial charge is 0.382 e. The van der Waals surface area contributed by atoms with Crippen molar-refractivity contribution in [3.63, 3.8) is 0 Å². The number of benzene rings is 1. The third-order valence-electron chi connectivity index (χ3n) is 5.23. The van der Waals surface area contributed by atoms with Gasteiger partial charge in [0.25, 0.3) is 0 Å². The second-order valence-corrected chi connectivity index (χ2v) is 7.65. The molecule has 1 fully saturated rings. The highest BCUT2D eigenvalue weighted by atomic mass is 127. The average Bonchev–Trinajstić information content (AvgIpc) is 3.32. The van der Waals surface area contributed by atoms with Gasteiger partial charge in [-0.1, -0.05) is 18.2 Å². The van der Waals surface area contributed by atoms with Crippen LogP contribution in [-0.2, 0) is 6.42 Å². The van der Waals surface area contributed by atoms with Crippen molar-refractivity contribution in [2.24, 2.45) is 4.99 Å². The number of nitrogens with two attached hydrogens (primary N) is 1. The van der Waals surface area contributed by atoms with Gasteiger partial charge in [-0.2, -0.15) is 23.5 Å². The summed E-state index contributed by atoms with van der Waals surface area (Å²) < 4.78 is 39.2. The summed E-state index contributed by atoms with van der Waals surface area (Å²) in [5, 5.41) is 20.3. The van der Waals surface area contributed by atoms with Crippen LogP contribution in [0.1, 0.15) is 24.1 Å². The standard InChI is InChI=1S/C21H27F3N8.HI/c1-27-20(29-15-9-11-31(13-15)14-21(22,23)24)28-10-5-8-18-17(12-25)19(26)32(30-18)16-6-3-2-4-7-16;/h2-4,6-7,15H,5,8-11,13-14,26H2,1H3,(H2,27,28,29);1H. The molecule has 2 aromatic rings. The summed E-state index contributed by atoms with van der Waals surface area (Å²) >= 11 is 0. The highest BCUT2D eigenvalue weighted by Gasteiger charge is 2.34. The maximum absolute atomic E-state index is 12.6.